The normalized spacial score (nSPS) is 16.1. The Hall–Kier alpha value is -0.130. The number of rotatable bonds is 5. The highest BCUT2D eigenvalue weighted by atomic mass is 35.5. The summed E-state index contributed by atoms with van der Waals surface area (Å²) >= 11 is 5.67. The van der Waals surface area contributed by atoms with Gasteiger partial charge in [-0.2, -0.15) is 0 Å². The van der Waals surface area contributed by atoms with Gasteiger partial charge in [-0.3, -0.25) is 4.57 Å². The maximum absolute atomic E-state index is 11.8. The minimum atomic E-state index is -3.91. The molecule has 0 fully saturated rings. The zero-order valence-corrected chi connectivity index (χ0v) is 9.93. The van der Waals surface area contributed by atoms with Crippen LogP contribution in [0.25, 0.3) is 0 Å². The van der Waals surface area contributed by atoms with Gasteiger partial charge in [0.15, 0.2) is 0 Å². The molecule has 1 unspecified atom stereocenters. The molecule has 1 atom stereocenters. The summed E-state index contributed by atoms with van der Waals surface area (Å²) in [7, 11) is 0.436. The lowest BCUT2D eigenvalue weighted by molar-refractivity contribution is -0.151. The minimum Gasteiger partial charge on any atom is -0.465 e. The molecule has 0 rings (SSSR count). The van der Waals surface area contributed by atoms with Gasteiger partial charge in [0.1, 0.15) is 0 Å². The third kappa shape index (κ3) is 2.10. The predicted octanol–water partition coefficient (Wildman–Crippen LogP) is 1.18. The SMILES string of the molecule is COC(=O)C(Cl)(OC)P(=O)(OC)OC. The lowest BCUT2D eigenvalue weighted by atomic mass is 10.7. The Bertz CT molecular complexity index is 249. The van der Waals surface area contributed by atoms with Crippen molar-refractivity contribution in [3.8, 4) is 0 Å². The van der Waals surface area contributed by atoms with Gasteiger partial charge in [0, 0.05) is 21.3 Å². The van der Waals surface area contributed by atoms with E-state index in [0.717, 1.165) is 28.4 Å². The van der Waals surface area contributed by atoms with Gasteiger partial charge >= 0.3 is 18.4 Å². The molecule has 0 spiro atoms. The van der Waals surface area contributed by atoms with E-state index < -0.39 is 18.4 Å². The molecule has 84 valence electrons. The van der Waals surface area contributed by atoms with Crippen LogP contribution in [0.1, 0.15) is 0 Å². The Balaban J connectivity index is 5.21. The van der Waals surface area contributed by atoms with Crippen LogP contribution in [0.15, 0.2) is 0 Å². The molecule has 0 aromatic carbocycles. The molecule has 14 heavy (non-hydrogen) atoms. The molecule has 6 nitrogen and oxygen atoms in total. The van der Waals surface area contributed by atoms with E-state index in [0.29, 0.717) is 0 Å². The Labute approximate surface area is 86.9 Å². The molecule has 0 saturated carbocycles. The smallest absolute Gasteiger partial charge is 0.389 e. The number of esters is 1. The van der Waals surface area contributed by atoms with Gasteiger partial charge in [-0.15, -0.1) is 0 Å². The first-order valence-electron chi connectivity index (χ1n) is 3.46. The molecule has 0 aromatic rings. The molecule has 0 heterocycles. The second-order valence-corrected chi connectivity index (χ2v) is 5.27. The lowest BCUT2D eigenvalue weighted by Gasteiger charge is -2.27. The Morgan fingerprint density at radius 3 is 1.86 bits per heavy atom. The number of alkyl halides is 1. The molecular weight excluding hydrogens is 234 g/mol. The van der Waals surface area contributed by atoms with E-state index >= 15 is 0 Å². The average Bonchev–Trinajstić information content (AvgIpc) is 2.25. The molecule has 8 heteroatoms. The highest BCUT2D eigenvalue weighted by Crippen LogP contribution is 2.61. The van der Waals surface area contributed by atoms with E-state index in [1.807, 2.05) is 0 Å². The summed E-state index contributed by atoms with van der Waals surface area (Å²) < 4.78 is 29.8. The Kier molecular flexibility index (Phi) is 5.05. The third-order valence-corrected chi connectivity index (χ3v) is 4.50. The van der Waals surface area contributed by atoms with Gasteiger partial charge in [0.25, 0.3) is 0 Å². The van der Waals surface area contributed by atoms with Crippen LogP contribution in [0, 0.1) is 0 Å². The highest BCUT2D eigenvalue weighted by molar-refractivity contribution is 7.58. The molecule has 0 bridgehead atoms. The van der Waals surface area contributed by atoms with Gasteiger partial charge in [0.2, 0.25) is 0 Å². The number of halogens is 1. The standard InChI is InChI=1S/C6H12ClO6P/c1-10-5(8)6(7,11-2)14(9,12-3)13-4/h1-4H3. The molecule has 0 N–H and O–H groups in total. The third-order valence-electron chi connectivity index (χ3n) is 1.54. The first-order valence-corrected chi connectivity index (χ1v) is 5.38. The summed E-state index contributed by atoms with van der Waals surface area (Å²) in [5.41, 5.74) is 0. The van der Waals surface area contributed by atoms with Crippen LogP contribution in [-0.2, 0) is 27.9 Å². The second-order valence-electron chi connectivity index (χ2n) is 2.12. The topological polar surface area (TPSA) is 71.1 Å². The minimum absolute atomic E-state index is 1.05. The van der Waals surface area contributed by atoms with Crippen molar-refractivity contribution in [3.63, 3.8) is 0 Å². The van der Waals surface area contributed by atoms with Gasteiger partial charge in [-0.1, -0.05) is 11.6 Å². The molecule has 0 radical (unpaired) electrons. The van der Waals surface area contributed by atoms with Crippen LogP contribution < -0.4 is 0 Å². The molecule has 0 aromatic heterocycles. The van der Waals surface area contributed by atoms with Gasteiger partial charge in [0.05, 0.1) is 7.11 Å². The van der Waals surface area contributed by atoms with Crippen molar-refractivity contribution in [2.75, 3.05) is 28.4 Å². The van der Waals surface area contributed by atoms with Gasteiger partial charge in [-0.05, 0) is 0 Å². The fourth-order valence-corrected chi connectivity index (χ4v) is 2.39. The summed E-state index contributed by atoms with van der Waals surface area (Å²) in [4.78, 5) is 8.95. The number of methoxy groups -OCH3 is 2. The predicted molar refractivity (Wildman–Crippen MR) is 49.2 cm³/mol. The summed E-state index contributed by atoms with van der Waals surface area (Å²) in [6.45, 7) is 0. The largest absolute Gasteiger partial charge is 0.465 e. The van der Waals surface area contributed by atoms with Crippen LogP contribution >= 0.6 is 19.2 Å². The molecular formula is C6H12ClO6P. The van der Waals surface area contributed by atoms with E-state index in [1.165, 1.54) is 0 Å². The van der Waals surface area contributed by atoms with Crippen LogP contribution in [0.3, 0.4) is 0 Å². The van der Waals surface area contributed by atoms with Crippen LogP contribution in [0.2, 0.25) is 0 Å². The zero-order valence-electron chi connectivity index (χ0n) is 8.27. The summed E-state index contributed by atoms with van der Waals surface area (Å²) in [6, 6.07) is 0. The van der Waals surface area contributed by atoms with E-state index in [4.69, 9.17) is 11.6 Å². The van der Waals surface area contributed by atoms with E-state index in [1.54, 1.807) is 0 Å². The van der Waals surface area contributed by atoms with Crippen LogP contribution in [0.5, 0.6) is 0 Å². The van der Waals surface area contributed by atoms with Crippen molar-refractivity contribution in [3.05, 3.63) is 0 Å². The summed E-state index contributed by atoms with van der Waals surface area (Å²) in [6.07, 6.45) is 0. The fourth-order valence-electron chi connectivity index (χ4n) is 0.742. The van der Waals surface area contributed by atoms with Crippen molar-refractivity contribution >= 4 is 25.2 Å². The Morgan fingerprint density at radius 2 is 1.64 bits per heavy atom. The highest BCUT2D eigenvalue weighted by Gasteiger charge is 2.57. The van der Waals surface area contributed by atoms with Gasteiger partial charge in [-0.25, -0.2) is 4.79 Å². The van der Waals surface area contributed by atoms with Crippen molar-refractivity contribution in [2.24, 2.45) is 0 Å². The first-order chi connectivity index (χ1) is 6.41. The fraction of sp³-hybridized carbons (Fsp3) is 0.833. The number of hydrogen-bond acceptors (Lipinski definition) is 6. The van der Waals surface area contributed by atoms with Crippen molar-refractivity contribution in [1.82, 2.24) is 0 Å². The maximum atomic E-state index is 11.8. The number of hydrogen-bond donors (Lipinski definition) is 0. The lowest BCUT2D eigenvalue weighted by Crippen LogP contribution is -2.36. The van der Waals surface area contributed by atoms with Crippen molar-refractivity contribution < 1.29 is 27.9 Å². The maximum Gasteiger partial charge on any atom is 0.389 e. The van der Waals surface area contributed by atoms with Crippen LogP contribution in [-0.4, -0.2) is 39.2 Å². The quantitative estimate of drug-likeness (QED) is 0.412. The number of carbonyl (C=O) groups is 1. The molecule has 0 aliphatic rings. The van der Waals surface area contributed by atoms with Crippen molar-refractivity contribution in [1.29, 1.82) is 0 Å². The molecule has 0 aliphatic carbocycles. The van der Waals surface area contributed by atoms with Gasteiger partial charge < -0.3 is 18.5 Å². The average molecular weight is 247 g/mol. The van der Waals surface area contributed by atoms with E-state index in [-0.39, 0.29) is 0 Å². The number of carbonyl (C=O) groups excluding carboxylic acids is 1. The zero-order chi connectivity index (χ0) is 11.4. The molecule has 0 saturated heterocycles. The number of ether oxygens (including phenoxy) is 2. The second kappa shape index (κ2) is 5.09. The van der Waals surface area contributed by atoms with Crippen molar-refractivity contribution in [2.45, 2.75) is 4.80 Å². The summed E-state index contributed by atoms with van der Waals surface area (Å²) in [5, 5.41) is 0. The van der Waals surface area contributed by atoms with Crippen LogP contribution in [0.4, 0.5) is 0 Å². The van der Waals surface area contributed by atoms with E-state index in [2.05, 4.69) is 18.5 Å². The monoisotopic (exact) mass is 246 g/mol. The molecule has 0 aliphatic heterocycles. The summed E-state index contributed by atoms with van der Waals surface area (Å²) in [5.74, 6) is -1.05. The Morgan fingerprint density at radius 1 is 1.21 bits per heavy atom. The molecule has 0 amide bonds. The van der Waals surface area contributed by atoms with E-state index in [9.17, 15) is 9.36 Å². The first kappa shape index (κ1) is 13.9.